The van der Waals surface area contributed by atoms with Gasteiger partial charge in [-0.15, -0.1) is 0 Å². The normalized spacial score (nSPS) is 19.5. The average molecular weight is 294 g/mol. The van der Waals surface area contributed by atoms with E-state index in [0.29, 0.717) is 23.7 Å². The van der Waals surface area contributed by atoms with Crippen molar-refractivity contribution in [2.75, 3.05) is 31.6 Å². The zero-order chi connectivity index (χ0) is 15.2. The number of nitrogens with one attached hydrogen (secondary N) is 1. The van der Waals surface area contributed by atoms with Gasteiger partial charge in [0.2, 0.25) is 5.91 Å². The van der Waals surface area contributed by atoms with Gasteiger partial charge in [0.05, 0.1) is 6.54 Å². The zero-order valence-corrected chi connectivity index (χ0v) is 12.4. The van der Waals surface area contributed by atoms with Gasteiger partial charge in [-0.3, -0.25) is 9.69 Å². The second kappa shape index (κ2) is 7.52. The van der Waals surface area contributed by atoms with Crippen LogP contribution >= 0.6 is 0 Å². The molecule has 0 radical (unpaired) electrons. The van der Waals surface area contributed by atoms with E-state index in [2.05, 4.69) is 10.2 Å². The molecule has 2 rings (SSSR count). The molecule has 4 nitrogen and oxygen atoms in total. The number of aryl methyl sites for hydroxylation is 1. The van der Waals surface area contributed by atoms with Crippen molar-refractivity contribution in [1.82, 2.24) is 4.90 Å². The van der Waals surface area contributed by atoms with Gasteiger partial charge in [0.15, 0.2) is 0 Å². The van der Waals surface area contributed by atoms with E-state index >= 15 is 0 Å². The fourth-order valence-electron chi connectivity index (χ4n) is 2.79. The highest BCUT2D eigenvalue weighted by atomic mass is 19.1. The Morgan fingerprint density at radius 3 is 3.05 bits per heavy atom. The molecule has 0 aliphatic carbocycles. The number of hydrogen-bond donors (Lipinski definition) is 2. The molecule has 1 atom stereocenters. The van der Waals surface area contributed by atoms with E-state index in [0.717, 1.165) is 32.4 Å². The Balaban J connectivity index is 1.84. The lowest BCUT2D eigenvalue weighted by Gasteiger charge is -2.31. The molecule has 0 bridgehead atoms. The maximum atomic E-state index is 13.4. The number of aliphatic hydroxyl groups excluding tert-OH is 1. The first-order valence-corrected chi connectivity index (χ1v) is 7.47. The molecule has 1 aromatic carbocycles. The fraction of sp³-hybridized carbons (Fsp3) is 0.562. The molecule has 21 heavy (non-hydrogen) atoms. The van der Waals surface area contributed by atoms with Crippen molar-refractivity contribution in [3.8, 4) is 0 Å². The van der Waals surface area contributed by atoms with Gasteiger partial charge in [0.25, 0.3) is 0 Å². The van der Waals surface area contributed by atoms with Crippen molar-refractivity contribution in [1.29, 1.82) is 0 Å². The third-order valence-electron chi connectivity index (χ3n) is 3.96. The van der Waals surface area contributed by atoms with Crippen LogP contribution in [0.1, 0.15) is 24.8 Å². The third kappa shape index (κ3) is 4.79. The van der Waals surface area contributed by atoms with Gasteiger partial charge in [-0.2, -0.15) is 0 Å². The van der Waals surface area contributed by atoms with Gasteiger partial charge in [0, 0.05) is 18.8 Å². The first-order valence-electron chi connectivity index (χ1n) is 7.47. The smallest absolute Gasteiger partial charge is 0.238 e. The summed E-state index contributed by atoms with van der Waals surface area (Å²) in [5.41, 5.74) is 1.06. The monoisotopic (exact) mass is 294 g/mol. The summed E-state index contributed by atoms with van der Waals surface area (Å²) in [6.07, 6.45) is 2.96. The van der Waals surface area contributed by atoms with Crippen molar-refractivity contribution < 1.29 is 14.3 Å². The molecule has 1 saturated heterocycles. The second-order valence-electron chi connectivity index (χ2n) is 5.77. The van der Waals surface area contributed by atoms with Crippen LogP contribution < -0.4 is 5.32 Å². The Hall–Kier alpha value is -1.46. The number of nitrogens with zero attached hydrogens (tertiary/aromatic N) is 1. The predicted molar refractivity (Wildman–Crippen MR) is 80.6 cm³/mol. The van der Waals surface area contributed by atoms with E-state index in [-0.39, 0.29) is 18.3 Å². The maximum absolute atomic E-state index is 13.4. The molecule has 116 valence electrons. The van der Waals surface area contributed by atoms with Gasteiger partial charge in [0.1, 0.15) is 5.82 Å². The number of amides is 1. The first-order chi connectivity index (χ1) is 10.1. The van der Waals surface area contributed by atoms with E-state index in [1.54, 1.807) is 19.1 Å². The van der Waals surface area contributed by atoms with Crippen molar-refractivity contribution in [3.63, 3.8) is 0 Å². The topological polar surface area (TPSA) is 52.6 Å². The molecule has 1 unspecified atom stereocenters. The van der Waals surface area contributed by atoms with E-state index in [9.17, 15) is 9.18 Å². The lowest BCUT2D eigenvalue weighted by Crippen LogP contribution is -2.40. The van der Waals surface area contributed by atoms with Gasteiger partial charge < -0.3 is 10.4 Å². The molecule has 1 heterocycles. The van der Waals surface area contributed by atoms with Crippen molar-refractivity contribution in [2.45, 2.75) is 26.2 Å². The molecule has 1 aliphatic heterocycles. The fourth-order valence-corrected chi connectivity index (χ4v) is 2.79. The largest absolute Gasteiger partial charge is 0.396 e. The summed E-state index contributed by atoms with van der Waals surface area (Å²) < 4.78 is 13.4. The van der Waals surface area contributed by atoms with Crippen LogP contribution in [0.4, 0.5) is 10.1 Å². The minimum Gasteiger partial charge on any atom is -0.396 e. The van der Waals surface area contributed by atoms with Crippen LogP contribution in [0.3, 0.4) is 0 Å². The first kappa shape index (κ1) is 15.9. The lowest BCUT2D eigenvalue weighted by molar-refractivity contribution is -0.117. The van der Waals surface area contributed by atoms with Gasteiger partial charge >= 0.3 is 0 Å². The van der Waals surface area contributed by atoms with Crippen LogP contribution in [0, 0.1) is 18.7 Å². The molecular weight excluding hydrogens is 271 g/mol. The highest BCUT2D eigenvalue weighted by molar-refractivity contribution is 5.92. The van der Waals surface area contributed by atoms with Gasteiger partial charge in [-0.05, 0) is 56.3 Å². The number of benzene rings is 1. The number of piperidine rings is 1. The van der Waals surface area contributed by atoms with Crippen LogP contribution in [0.5, 0.6) is 0 Å². The van der Waals surface area contributed by atoms with Gasteiger partial charge in [-0.1, -0.05) is 6.07 Å². The highest BCUT2D eigenvalue weighted by Gasteiger charge is 2.21. The molecule has 1 fully saturated rings. The minimum atomic E-state index is -0.311. The number of aliphatic hydroxyl groups is 1. The van der Waals surface area contributed by atoms with Crippen LogP contribution in [-0.2, 0) is 4.79 Å². The summed E-state index contributed by atoms with van der Waals surface area (Å²) >= 11 is 0. The van der Waals surface area contributed by atoms with Crippen molar-refractivity contribution in [3.05, 3.63) is 29.6 Å². The van der Waals surface area contributed by atoms with Crippen LogP contribution in [-0.4, -0.2) is 42.2 Å². The molecule has 1 amide bonds. The van der Waals surface area contributed by atoms with E-state index in [1.807, 2.05) is 0 Å². The molecule has 0 aromatic heterocycles. The van der Waals surface area contributed by atoms with Crippen LogP contribution in [0.15, 0.2) is 18.2 Å². The molecule has 1 aromatic rings. The number of carbonyl (C=O) groups is 1. The number of rotatable bonds is 5. The number of hydrogen-bond acceptors (Lipinski definition) is 3. The quantitative estimate of drug-likeness (QED) is 0.875. The SMILES string of the molecule is Cc1ccc(NC(=O)CN2CCCC(CCO)C2)cc1F. The van der Waals surface area contributed by atoms with Crippen molar-refractivity contribution in [2.24, 2.45) is 5.92 Å². The molecule has 5 heteroatoms. The predicted octanol–water partition coefficient (Wildman–Crippen LogP) is 2.17. The van der Waals surface area contributed by atoms with E-state index in [4.69, 9.17) is 5.11 Å². The van der Waals surface area contributed by atoms with Crippen molar-refractivity contribution >= 4 is 11.6 Å². The average Bonchev–Trinajstić information content (AvgIpc) is 2.43. The zero-order valence-electron chi connectivity index (χ0n) is 12.4. The molecular formula is C16H23FN2O2. The summed E-state index contributed by atoms with van der Waals surface area (Å²) in [5, 5.41) is 11.7. The Kier molecular flexibility index (Phi) is 5.70. The summed E-state index contributed by atoms with van der Waals surface area (Å²) in [6, 6.07) is 4.71. The molecule has 0 saturated carbocycles. The molecule has 2 N–H and O–H groups in total. The highest BCUT2D eigenvalue weighted by Crippen LogP contribution is 2.19. The Morgan fingerprint density at radius 2 is 2.33 bits per heavy atom. The number of halogens is 1. The van der Waals surface area contributed by atoms with E-state index < -0.39 is 0 Å². The molecule has 0 spiro atoms. The summed E-state index contributed by atoms with van der Waals surface area (Å²) in [7, 11) is 0. The Bertz CT molecular complexity index is 491. The standard InChI is InChI=1S/C16H23FN2O2/c1-12-4-5-14(9-15(12)17)18-16(21)11-19-7-2-3-13(10-19)6-8-20/h4-5,9,13,20H,2-3,6-8,10-11H2,1H3,(H,18,21). The maximum Gasteiger partial charge on any atom is 0.238 e. The lowest BCUT2D eigenvalue weighted by atomic mass is 9.95. The van der Waals surface area contributed by atoms with Gasteiger partial charge in [-0.25, -0.2) is 4.39 Å². The Labute approximate surface area is 125 Å². The third-order valence-corrected chi connectivity index (χ3v) is 3.96. The van der Waals surface area contributed by atoms with E-state index in [1.165, 1.54) is 6.07 Å². The number of likely N-dealkylation sites (tertiary alicyclic amines) is 1. The minimum absolute atomic E-state index is 0.122. The van der Waals surface area contributed by atoms with Crippen LogP contribution in [0.2, 0.25) is 0 Å². The summed E-state index contributed by atoms with van der Waals surface area (Å²) in [5.74, 6) is 0.0325. The van der Waals surface area contributed by atoms with Crippen LogP contribution in [0.25, 0.3) is 0 Å². The molecule has 1 aliphatic rings. The number of anilines is 1. The Morgan fingerprint density at radius 1 is 1.52 bits per heavy atom. The summed E-state index contributed by atoms with van der Waals surface area (Å²) in [4.78, 5) is 14.1. The summed E-state index contributed by atoms with van der Waals surface area (Å²) in [6.45, 7) is 3.95. The second-order valence-corrected chi connectivity index (χ2v) is 5.77. The number of carbonyl (C=O) groups excluding carboxylic acids is 1.